The van der Waals surface area contributed by atoms with Crippen molar-refractivity contribution in [2.24, 2.45) is 5.92 Å². The quantitative estimate of drug-likeness (QED) is 0.321. The van der Waals surface area contributed by atoms with Crippen molar-refractivity contribution in [2.45, 2.75) is 46.1 Å². The standard InChI is InChI=1S/C21H32NO8P/c1-7-29-31(26,14-15(19(24)28-6)8-13-18(23)27-5)17-11-9-16(10-12-17)22-20(25)30-21(2,3)4/h9-12,15H,7-8,13-14H2,1-6H3,(H,22,25). The zero-order chi connectivity index (χ0) is 23.7. The van der Waals surface area contributed by atoms with E-state index in [0.717, 1.165) is 0 Å². The van der Waals surface area contributed by atoms with Crippen molar-refractivity contribution in [3.63, 3.8) is 0 Å². The molecule has 1 rings (SSSR count). The first-order valence-corrected chi connectivity index (χ1v) is 11.7. The van der Waals surface area contributed by atoms with Gasteiger partial charge in [-0.25, -0.2) is 4.79 Å². The molecule has 0 fully saturated rings. The number of esters is 2. The third kappa shape index (κ3) is 9.11. The van der Waals surface area contributed by atoms with Gasteiger partial charge in [-0.15, -0.1) is 0 Å². The van der Waals surface area contributed by atoms with Crippen molar-refractivity contribution in [1.29, 1.82) is 0 Å². The Kier molecular flexibility index (Phi) is 10.2. The molecule has 0 aliphatic heterocycles. The minimum atomic E-state index is -3.45. The zero-order valence-electron chi connectivity index (χ0n) is 18.9. The van der Waals surface area contributed by atoms with Gasteiger partial charge in [-0.1, -0.05) is 0 Å². The van der Waals surface area contributed by atoms with Crippen LogP contribution in [0.1, 0.15) is 40.5 Å². The third-order valence-electron chi connectivity index (χ3n) is 4.16. The first-order valence-electron chi connectivity index (χ1n) is 9.93. The highest BCUT2D eigenvalue weighted by Crippen LogP contribution is 2.48. The van der Waals surface area contributed by atoms with Crippen LogP contribution in [0.5, 0.6) is 0 Å². The van der Waals surface area contributed by atoms with E-state index in [4.69, 9.17) is 14.0 Å². The van der Waals surface area contributed by atoms with E-state index in [1.807, 2.05) is 0 Å². The van der Waals surface area contributed by atoms with Crippen molar-refractivity contribution < 1.29 is 37.7 Å². The van der Waals surface area contributed by atoms with Crippen LogP contribution in [0.25, 0.3) is 0 Å². The van der Waals surface area contributed by atoms with Crippen molar-refractivity contribution in [3.8, 4) is 0 Å². The van der Waals surface area contributed by atoms with Gasteiger partial charge in [0.05, 0.1) is 26.7 Å². The fourth-order valence-electron chi connectivity index (χ4n) is 2.77. The Hall–Kier alpha value is -2.38. The van der Waals surface area contributed by atoms with E-state index < -0.39 is 36.9 Å². The fourth-order valence-corrected chi connectivity index (χ4v) is 5.17. The van der Waals surface area contributed by atoms with Crippen LogP contribution >= 0.6 is 7.37 Å². The third-order valence-corrected chi connectivity index (χ3v) is 6.85. The molecule has 0 saturated carbocycles. The SMILES string of the molecule is CCOP(=O)(CC(CCC(=O)OC)C(=O)OC)c1ccc(NC(=O)OC(C)(C)C)cc1. The molecule has 0 radical (unpaired) electrons. The zero-order valence-corrected chi connectivity index (χ0v) is 19.8. The normalized spacial score (nSPS) is 14.1. The van der Waals surface area contributed by atoms with Gasteiger partial charge < -0.3 is 18.7 Å². The number of rotatable bonds is 10. The number of ether oxygens (including phenoxy) is 3. The lowest BCUT2D eigenvalue weighted by Gasteiger charge is -2.23. The van der Waals surface area contributed by atoms with Gasteiger partial charge in [0.1, 0.15) is 5.60 Å². The van der Waals surface area contributed by atoms with Crippen LogP contribution in [0.3, 0.4) is 0 Å². The van der Waals surface area contributed by atoms with Crippen LogP contribution in [0.2, 0.25) is 0 Å². The predicted octanol–water partition coefficient (Wildman–Crippen LogP) is 3.72. The van der Waals surface area contributed by atoms with Gasteiger partial charge in [-0.3, -0.25) is 19.5 Å². The number of anilines is 1. The Balaban J connectivity index is 3.03. The summed E-state index contributed by atoms with van der Waals surface area (Å²) < 4.78 is 33.8. The van der Waals surface area contributed by atoms with E-state index in [-0.39, 0.29) is 25.6 Å². The number of hydrogen-bond acceptors (Lipinski definition) is 8. The van der Waals surface area contributed by atoms with E-state index in [0.29, 0.717) is 11.0 Å². The van der Waals surface area contributed by atoms with E-state index in [9.17, 15) is 18.9 Å². The lowest BCUT2D eigenvalue weighted by Crippen LogP contribution is -2.27. The fraction of sp³-hybridized carbons (Fsp3) is 0.571. The number of carbonyl (C=O) groups excluding carboxylic acids is 3. The van der Waals surface area contributed by atoms with Crippen molar-refractivity contribution in [3.05, 3.63) is 24.3 Å². The minimum absolute atomic E-state index is 0.0128. The summed E-state index contributed by atoms with van der Waals surface area (Å²) in [7, 11) is -0.958. The van der Waals surface area contributed by atoms with Gasteiger partial charge in [-0.05, 0) is 58.4 Å². The first-order chi connectivity index (χ1) is 14.4. The average molecular weight is 457 g/mol. The Morgan fingerprint density at radius 3 is 2.16 bits per heavy atom. The minimum Gasteiger partial charge on any atom is -0.469 e. The molecular weight excluding hydrogens is 425 g/mol. The molecule has 0 saturated heterocycles. The number of methoxy groups -OCH3 is 2. The highest BCUT2D eigenvalue weighted by Gasteiger charge is 2.34. The van der Waals surface area contributed by atoms with Gasteiger partial charge in [0, 0.05) is 23.6 Å². The molecule has 1 N–H and O–H groups in total. The van der Waals surface area contributed by atoms with Crippen LogP contribution in [-0.4, -0.2) is 50.6 Å². The van der Waals surface area contributed by atoms with Crippen LogP contribution in [0.4, 0.5) is 10.5 Å². The Labute approximate surface area is 183 Å². The molecule has 174 valence electrons. The molecule has 1 aromatic carbocycles. The molecule has 10 heteroatoms. The highest BCUT2D eigenvalue weighted by molar-refractivity contribution is 7.67. The second kappa shape index (κ2) is 11.9. The maximum atomic E-state index is 13.6. The van der Waals surface area contributed by atoms with E-state index in [2.05, 4.69) is 10.1 Å². The van der Waals surface area contributed by atoms with E-state index in [1.54, 1.807) is 52.0 Å². The second-order valence-electron chi connectivity index (χ2n) is 7.78. The molecular formula is C21H32NO8P. The summed E-state index contributed by atoms with van der Waals surface area (Å²) in [4.78, 5) is 35.6. The van der Waals surface area contributed by atoms with Crippen LogP contribution < -0.4 is 10.6 Å². The van der Waals surface area contributed by atoms with Crippen molar-refractivity contribution in [1.82, 2.24) is 0 Å². The van der Waals surface area contributed by atoms with Crippen molar-refractivity contribution >= 4 is 36.4 Å². The monoisotopic (exact) mass is 457 g/mol. The highest BCUT2D eigenvalue weighted by atomic mass is 31.2. The maximum Gasteiger partial charge on any atom is 0.412 e. The van der Waals surface area contributed by atoms with Crippen LogP contribution in [0.15, 0.2) is 24.3 Å². The number of nitrogens with one attached hydrogen (secondary N) is 1. The molecule has 1 amide bonds. The van der Waals surface area contributed by atoms with Gasteiger partial charge in [0.15, 0.2) is 0 Å². The Morgan fingerprint density at radius 1 is 1.06 bits per heavy atom. The van der Waals surface area contributed by atoms with Gasteiger partial charge in [0.25, 0.3) is 0 Å². The van der Waals surface area contributed by atoms with Crippen molar-refractivity contribution in [2.75, 3.05) is 32.3 Å². The summed E-state index contributed by atoms with van der Waals surface area (Å²) in [6.07, 6.45) is -0.624. The van der Waals surface area contributed by atoms with Crippen LogP contribution in [-0.2, 0) is 32.9 Å². The second-order valence-corrected chi connectivity index (χ2v) is 10.3. The summed E-state index contributed by atoms with van der Waals surface area (Å²) in [6, 6.07) is 6.29. The van der Waals surface area contributed by atoms with Gasteiger partial charge in [-0.2, -0.15) is 0 Å². The molecule has 2 unspecified atom stereocenters. The smallest absolute Gasteiger partial charge is 0.412 e. The molecule has 0 aromatic heterocycles. The Morgan fingerprint density at radius 2 is 1.68 bits per heavy atom. The lowest BCUT2D eigenvalue weighted by atomic mass is 10.1. The molecule has 9 nitrogen and oxygen atoms in total. The molecule has 0 aliphatic rings. The van der Waals surface area contributed by atoms with Gasteiger partial charge >= 0.3 is 18.0 Å². The first kappa shape index (κ1) is 26.7. The topological polar surface area (TPSA) is 117 Å². The molecule has 0 heterocycles. The number of benzene rings is 1. The number of hydrogen-bond donors (Lipinski definition) is 1. The summed E-state index contributed by atoms with van der Waals surface area (Å²) in [5, 5.41) is 2.98. The molecule has 0 bridgehead atoms. The largest absolute Gasteiger partial charge is 0.469 e. The van der Waals surface area contributed by atoms with E-state index in [1.165, 1.54) is 14.2 Å². The summed E-state index contributed by atoms with van der Waals surface area (Å²) in [5.74, 6) is -1.86. The number of amides is 1. The van der Waals surface area contributed by atoms with E-state index >= 15 is 0 Å². The summed E-state index contributed by atoms with van der Waals surface area (Å²) in [5.41, 5.74) is -0.182. The Bertz CT molecular complexity index is 801. The van der Waals surface area contributed by atoms with Gasteiger partial charge in [0.2, 0.25) is 7.37 Å². The summed E-state index contributed by atoms with van der Waals surface area (Å²) >= 11 is 0. The predicted molar refractivity (Wildman–Crippen MR) is 117 cm³/mol. The molecule has 2 atom stereocenters. The number of carbonyl (C=O) groups is 3. The lowest BCUT2D eigenvalue weighted by molar-refractivity contribution is -0.146. The average Bonchev–Trinajstić information content (AvgIpc) is 2.69. The molecule has 0 spiro atoms. The molecule has 1 aromatic rings. The summed E-state index contributed by atoms with van der Waals surface area (Å²) in [6.45, 7) is 7.14. The van der Waals surface area contributed by atoms with Crippen LogP contribution in [0, 0.1) is 5.92 Å². The molecule has 0 aliphatic carbocycles. The maximum absolute atomic E-state index is 13.6. The molecule has 31 heavy (non-hydrogen) atoms.